The zero-order valence-electron chi connectivity index (χ0n) is 13.7. The van der Waals surface area contributed by atoms with Crippen LogP contribution in [0.5, 0.6) is 0 Å². The summed E-state index contributed by atoms with van der Waals surface area (Å²) in [6.45, 7) is 7.49. The third kappa shape index (κ3) is 3.46. The number of piperazine rings is 1. The van der Waals surface area contributed by atoms with Crippen molar-refractivity contribution < 1.29 is 4.52 Å². The Morgan fingerprint density at radius 1 is 1.13 bits per heavy atom. The van der Waals surface area contributed by atoms with Crippen LogP contribution in [0, 0.1) is 0 Å². The van der Waals surface area contributed by atoms with Crippen LogP contribution in [0.1, 0.15) is 49.0 Å². The van der Waals surface area contributed by atoms with Crippen molar-refractivity contribution in [2.24, 2.45) is 0 Å². The van der Waals surface area contributed by atoms with Crippen LogP contribution in [0.3, 0.4) is 0 Å². The lowest BCUT2D eigenvalue weighted by Gasteiger charge is -2.36. The molecule has 1 saturated heterocycles. The molecule has 23 heavy (non-hydrogen) atoms. The van der Waals surface area contributed by atoms with Crippen LogP contribution in [0.15, 0.2) is 34.9 Å². The van der Waals surface area contributed by atoms with Crippen LogP contribution < -0.4 is 0 Å². The maximum Gasteiger partial charge on any atom is 0.243 e. The minimum Gasteiger partial charge on any atom is -0.338 e. The summed E-state index contributed by atoms with van der Waals surface area (Å²) in [5, 5.41) is 4.14. The highest BCUT2D eigenvalue weighted by atomic mass is 16.5. The summed E-state index contributed by atoms with van der Waals surface area (Å²) in [6, 6.07) is 10.9. The van der Waals surface area contributed by atoms with Gasteiger partial charge in [-0.1, -0.05) is 35.5 Å². The zero-order chi connectivity index (χ0) is 15.6. The molecule has 1 aromatic carbocycles. The molecule has 2 aliphatic rings. The predicted molar refractivity (Wildman–Crippen MR) is 88.0 cm³/mol. The van der Waals surface area contributed by atoms with Crippen LogP contribution in [0.25, 0.3) is 0 Å². The smallest absolute Gasteiger partial charge is 0.243 e. The molecule has 1 atom stereocenters. The standard InChI is InChI=1S/C18H24N4O/c1-14(18-19-17(20-23-18)16-7-8-16)22-11-9-21(10-12-22)13-15-5-3-2-4-6-15/h2-6,14,16H,7-13H2,1H3/t14-/m1/s1. The molecule has 0 N–H and O–H groups in total. The maximum atomic E-state index is 5.49. The molecule has 1 aromatic heterocycles. The molecular formula is C18H24N4O. The summed E-state index contributed by atoms with van der Waals surface area (Å²) in [5.74, 6) is 2.25. The van der Waals surface area contributed by atoms with Crippen molar-refractivity contribution in [1.29, 1.82) is 0 Å². The molecule has 122 valence electrons. The number of nitrogens with zero attached hydrogens (tertiary/aromatic N) is 4. The number of benzene rings is 1. The van der Waals surface area contributed by atoms with Crippen molar-refractivity contribution in [2.75, 3.05) is 26.2 Å². The minimum absolute atomic E-state index is 0.217. The Kier molecular flexibility index (Phi) is 4.14. The van der Waals surface area contributed by atoms with Gasteiger partial charge in [-0.05, 0) is 25.3 Å². The number of aromatic nitrogens is 2. The fraction of sp³-hybridized carbons (Fsp3) is 0.556. The number of hydrogen-bond acceptors (Lipinski definition) is 5. The van der Waals surface area contributed by atoms with Gasteiger partial charge in [-0.25, -0.2) is 0 Å². The third-order valence-corrected chi connectivity index (χ3v) is 4.96. The Balaban J connectivity index is 1.31. The number of hydrogen-bond donors (Lipinski definition) is 0. The second-order valence-corrected chi connectivity index (χ2v) is 6.74. The highest BCUT2D eigenvalue weighted by Gasteiger charge is 2.31. The van der Waals surface area contributed by atoms with E-state index >= 15 is 0 Å². The molecule has 5 nitrogen and oxygen atoms in total. The van der Waals surface area contributed by atoms with Crippen molar-refractivity contribution in [3.63, 3.8) is 0 Å². The van der Waals surface area contributed by atoms with Crippen molar-refractivity contribution in [1.82, 2.24) is 19.9 Å². The molecule has 2 heterocycles. The van der Waals surface area contributed by atoms with Gasteiger partial charge in [0.15, 0.2) is 5.82 Å². The summed E-state index contributed by atoms with van der Waals surface area (Å²) < 4.78 is 5.49. The van der Waals surface area contributed by atoms with E-state index in [0.29, 0.717) is 5.92 Å². The molecule has 1 aliphatic heterocycles. The summed E-state index contributed by atoms with van der Waals surface area (Å²) in [4.78, 5) is 9.57. The summed E-state index contributed by atoms with van der Waals surface area (Å²) in [5.41, 5.74) is 1.39. The van der Waals surface area contributed by atoms with Crippen LogP contribution >= 0.6 is 0 Å². The van der Waals surface area contributed by atoms with Gasteiger partial charge in [0.05, 0.1) is 6.04 Å². The Bertz CT molecular complexity index is 629. The van der Waals surface area contributed by atoms with Gasteiger partial charge in [0.1, 0.15) is 0 Å². The summed E-state index contributed by atoms with van der Waals surface area (Å²) >= 11 is 0. The molecule has 5 heteroatoms. The van der Waals surface area contributed by atoms with Crippen molar-refractivity contribution in [3.05, 3.63) is 47.6 Å². The van der Waals surface area contributed by atoms with E-state index in [1.165, 1.54) is 18.4 Å². The Hall–Kier alpha value is -1.72. The van der Waals surface area contributed by atoms with Crippen molar-refractivity contribution in [2.45, 2.75) is 38.3 Å². The lowest BCUT2D eigenvalue weighted by molar-refractivity contribution is 0.0845. The van der Waals surface area contributed by atoms with E-state index in [-0.39, 0.29) is 6.04 Å². The molecule has 1 aliphatic carbocycles. The van der Waals surface area contributed by atoms with E-state index in [9.17, 15) is 0 Å². The van der Waals surface area contributed by atoms with Crippen LogP contribution in [-0.4, -0.2) is 46.1 Å². The lowest BCUT2D eigenvalue weighted by atomic mass is 10.2. The van der Waals surface area contributed by atoms with Gasteiger partial charge in [-0.15, -0.1) is 0 Å². The fourth-order valence-electron chi connectivity index (χ4n) is 3.23. The quantitative estimate of drug-likeness (QED) is 0.849. The van der Waals surface area contributed by atoms with Gasteiger partial charge in [-0.3, -0.25) is 9.80 Å². The molecule has 4 rings (SSSR count). The van der Waals surface area contributed by atoms with Gasteiger partial charge in [-0.2, -0.15) is 4.98 Å². The van der Waals surface area contributed by atoms with Gasteiger partial charge in [0.2, 0.25) is 5.89 Å². The Labute approximate surface area is 137 Å². The average Bonchev–Trinajstić information content (AvgIpc) is 3.33. The zero-order valence-corrected chi connectivity index (χ0v) is 13.7. The third-order valence-electron chi connectivity index (χ3n) is 4.96. The normalized spacial score (nSPS) is 21.4. The van der Waals surface area contributed by atoms with Crippen molar-refractivity contribution in [3.8, 4) is 0 Å². The van der Waals surface area contributed by atoms with Gasteiger partial charge < -0.3 is 4.52 Å². The highest BCUT2D eigenvalue weighted by molar-refractivity contribution is 5.14. The monoisotopic (exact) mass is 312 g/mol. The molecule has 0 radical (unpaired) electrons. The minimum atomic E-state index is 0.217. The van der Waals surface area contributed by atoms with Crippen molar-refractivity contribution >= 4 is 0 Å². The van der Waals surface area contributed by atoms with E-state index in [0.717, 1.165) is 44.4 Å². The molecule has 0 unspecified atom stereocenters. The molecule has 2 aromatic rings. The van der Waals surface area contributed by atoms with E-state index in [1.807, 2.05) is 0 Å². The van der Waals surface area contributed by atoms with E-state index in [4.69, 9.17) is 4.52 Å². The predicted octanol–water partition coefficient (Wildman–Crippen LogP) is 2.83. The average molecular weight is 312 g/mol. The van der Waals surface area contributed by atoms with E-state index < -0.39 is 0 Å². The van der Waals surface area contributed by atoms with Crippen LogP contribution in [0.2, 0.25) is 0 Å². The second-order valence-electron chi connectivity index (χ2n) is 6.74. The molecule has 2 fully saturated rings. The van der Waals surface area contributed by atoms with E-state index in [1.54, 1.807) is 0 Å². The highest BCUT2D eigenvalue weighted by Crippen LogP contribution is 2.38. The largest absolute Gasteiger partial charge is 0.338 e. The van der Waals surface area contributed by atoms with E-state index in [2.05, 4.69) is 57.2 Å². The molecular weight excluding hydrogens is 288 g/mol. The van der Waals surface area contributed by atoms with Gasteiger partial charge in [0, 0.05) is 38.6 Å². The molecule has 0 amide bonds. The molecule has 0 bridgehead atoms. The first-order valence-electron chi connectivity index (χ1n) is 8.63. The fourth-order valence-corrected chi connectivity index (χ4v) is 3.23. The van der Waals surface area contributed by atoms with Crippen LogP contribution in [-0.2, 0) is 6.54 Å². The number of rotatable bonds is 5. The first-order chi connectivity index (χ1) is 11.3. The molecule has 1 saturated carbocycles. The summed E-state index contributed by atoms with van der Waals surface area (Å²) in [7, 11) is 0. The van der Waals surface area contributed by atoms with Gasteiger partial charge >= 0.3 is 0 Å². The Morgan fingerprint density at radius 3 is 2.57 bits per heavy atom. The Morgan fingerprint density at radius 2 is 1.87 bits per heavy atom. The maximum absolute atomic E-state index is 5.49. The first-order valence-corrected chi connectivity index (χ1v) is 8.63. The second kappa shape index (κ2) is 6.42. The topological polar surface area (TPSA) is 45.4 Å². The molecule has 0 spiro atoms. The van der Waals surface area contributed by atoms with Crippen LogP contribution in [0.4, 0.5) is 0 Å². The summed E-state index contributed by atoms with van der Waals surface area (Å²) in [6.07, 6.45) is 2.43. The first kappa shape index (κ1) is 14.8. The van der Waals surface area contributed by atoms with Gasteiger partial charge in [0.25, 0.3) is 0 Å². The lowest BCUT2D eigenvalue weighted by Crippen LogP contribution is -2.46. The SMILES string of the molecule is C[C@H](c1nc(C2CC2)no1)N1CCN(Cc2ccccc2)CC1.